The molecular weight excluding hydrogens is 294 g/mol. The van der Waals surface area contributed by atoms with E-state index in [9.17, 15) is 14.9 Å². The standard InChI is InChI=1S/C13H7N3O4S/c14-7-8-3-4-9(6-11(8)16(19)20)21-12-10(13(17)18)2-1-5-15-12/h1-6H,(H,17,18). The average Bonchev–Trinajstić information content (AvgIpc) is 2.47. The molecule has 1 aromatic heterocycles. The summed E-state index contributed by atoms with van der Waals surface area (Å²) >= 11 is 0.988. The Bertz CT molecular complexity index is 770. The van der Waals surface area contributed by atoms with E-state index in [2.05, 4.69) is 4.98 Å². The zero-order chi connectivity index (χ0) is 15.4. The molecule has 0 amide bonds. The van der Waals surface area contributed by atoms with E-state index in [1.165, 1.54) is 36.5 Å². The number of carbonyl (C=O) groups is 1. The lowest BCUT2D eigenvalue weighted by molar-refractivity contribution is -0.385. The highest BCUT2D eigenvalue weighted by Gasteiger charge is 2.17. The van der Waals surface area contributed by atoms with Crippen LogP contribution >= 0.6 is 11.8 Å². The molecule has 7 nitrogen and oxygen atoms in total. The largest absolute Gasteiger partial charge is 0.478 e. The van der Waals surface area contributed by atoms with E-state index < -0.39 is 10.9 Å². The number of carboxylic acid groups (broad SMARTS) is 1. The molecule has 0 unspecified atom stereocenters. The molecule has 1 aromatic carbocycles. The van der Waals surface area contributed by atoms with Crippen LogP contribution in [0.2, 0.25) is 0 Å². The van der Waals surface area contributed by atoms with Crippen molar-refractivity contribution in [3.63, 3.8) is 0 Å². The lowest BCUT2D eigenvalue weighted by atomic mass is 10.2. The molecule has 0 atom stereocenters. The predicted octanol–water partition coefficient (Wildman–Crippen LogP) is 2.71. The van der Waals surface area contributed by atoms with E-state index in [1.54, 1.807) is 6.07 Å². The van der Waals surface area contributed by atoms with E-state index in [0.717, 1.165) is 11.8 Å². The van der Waals surface area contributed by atoms with Crippen LogP contribution in [0.1, 0.15) is 15.9 Å². The maximum atomic E-state index is 11.1. The number of nitro benzene ring substituents is 1. The van der Waals surface area contributed by atoms with E-state index in [-0.39, 0.29) is 21.8 Å². The first kappa shape index (κ1) is 14.5. The highest BCUT2D eigenvalue weighted by molar-refractivity contribution is 7.99. The minimum absolute atomic E-state index is 0.00881. The Morgan fingerprint density at radius 2 is 2.19 bits per heavy atom. The molecule has 1 N–H and O–H groups in total. The quantitative estimate of drug-likeness (QED) is 0.681. The second-order valence-electron chi connectivity index (χ2n) is 3.81. The second kappa shape index (κ2) is 6.02. The summed E-state index contributed by atoms with van der Waals surface area (Å²) in [4.78, 5) is 25.7. The van der Waals surface area contributed by atoms with Crippen molar-refractivity contribution in [2.45, 2.75) is 9.92 Å². The van der Waals surface area contributed by atoms with Gasteiger partial charge in [-0.3, -0.25) is 10.1 Å². The number of pyridine rings is 1. The van der Waals surface area contributed by atoms with Crippen LogP contribution in [-0.2, 0) is 0 Å². The third kappa shape index (κ3) is 3.16. The molecular formula is C13H7N3O4S. The van der Waals surface area contributed by atoms with E-state index in [1.807, 2.05) is 0 Å². The topological polar surface area (TPSA) is 117 Å². The molecule has 0 aliphatic carbocycles. The summed E-state index contributed by atoms with van der Waals surface area (Å²) in [5, 5.41) is 29.0. The number of hydrogen-bond donors (Lipinski definition) is 1. The average molecular weight is 301 g/mol. The number of carboxylic acids is 1. The van der Waals surface area contributed by atoms with Crippen molar-refractivity contribution in [2.24, 2.45) is 0 Å². The van der Waals surface area contributed by atoms with Crippen molar-refractivity contribution in [3.05, 3.63) is 57.8 Å². The molecule has 104 valence electrons. The number of aromatic carboxylic acids is 1. The molecule has 21 heavy (non-hydrogen) atoms. The van der Waals surface area contributed by atoms with Crippen LogP contribution in [0, 0.1) is 21.4 Å². The van der Waals surface area contributed by atoms with Crippen LogP contribution in [0.3, 0.4) is 0 Å². The lowest BCUT2D eigenvalue weighted by Crippen LogP contribution is -2.00. The smallest absolute Gasteiger partial charge is 0.338 e. The van der Waals surface area contributed by atoms with E-state index >= 15 is 0 Å². The summed E-state index contributed by atoms with van der Waals surface area (Å²) < 4.78 is 0. The Morgan fingerprint density at radius 1 is 1.43 bits per heavy atom. The highest BCUT2D eigenvalue weighted by atomic mass is 32.2. The highest BCUT2D eigenvalue weighted by Crippen LogP contribution is 2.32. The fraction of sp³-hybridized carbons (Fsp3) is 0. The molecule has 2 aromatic rings. The molecule has 2 rings (SSSR count). The van der Waals surface area contributed by atoms with Crippen molar-refractivity contribution in [3.8, 4) is 6.07 Å². The summed E-state index contributed by atoms with van der Waals surface area (Å²) in [6.45, 7) is 0. The van der Waals surface area contributed by atoms with E-state index in [4.69, 9.17) is 10.4 Å². The maximum absolute atomic E-state index is 11.1. The molecule has 0 saturated heterocycles. The van der Waals surface area contributed by atoms with Gasteiger partial charge in [0, 0.05) is 17.2 Å². The van der Waals surface area contributed by atoms with Crippen LogP contribution in [-0.4, -0.2) is 21.0 Å². The molecule has 0 aliphatic rings. The third-order valence-electron chi connectivity index (χ3n) is 2.50. The zero-order valence-electron chi connectivity index (χ0n) is 10.4. The molecule has 0 radical (unpaired) electrons. The Balaban J connectivity index is 2.42. The van der Waals surface area contributed by atoms with Crippen LogP contribution < -0.4 is 0 Å². The molecule has 0 fully saturated rings. The third-order valence-corrected chi connectivity index (χ3v) is 3.51. The van der Waals surface area contributed by atoms with E-state index in [0.29, 0.717) is 4.90 Å². The summed E-state index contributed by atoms with van der Waals surface area (Å²) in [6, 6.07) is 8.69. The van der Waals surface area contributed by atoms with Crippen LogP contribution in [0.4, 0.5) is 5.69 Å². The van der Waals surface area contributed by atoms with Gasteiger partial charge >= 0.3 is 5.97 Å². The number of nitro groups is 1. The molecule has 0 aliphatic heterocycles. The summed E-state index contributed by atoms with van der Waals surface area (Å²) in [6.07, 6.45) is 1.44. The lowest BCUT2D eigenvalue weighted by Gasteiger charge is -2.04. The van der Waals surface area contributed by atoms with Gasteiger partial charge in [0.15, 0.2) is 0 Å². The first-order valence-corrected chi connectivity index (χ1v) is 6.39. The maximum Gasteiger partial charge on any atom is 0.338 e. The molecule has 0 spiro atoms. The Morgan fingerprint density at radius 3 is 2.81 bits per heavy atom. The Hall–Kier alpha value is -2.92. The van der Waals surface area contributed by atoms with Crippen molar-refractivity contribution in [1.29, 1.82) is 5.26 Å². The normalized spacial score (nSPS) is 9.86. The first-order chi connectivity index (χ1) is 10.0. The van der Waals surface area contributed by atoms with Gasteiger partial charge in [-0.25, -0.2) is 9.78 Å². The zero-order valence-corrected chi connectivity index (χ0v) is 11.2. The van der Waals surface area contributed by atoms with Crippen molar-refractivity contribution >= 4 is 23.4 Å². The Kier molecular flexibility index (Phi) is 4.15. The molecule has 1 heterocycles. The SMILES string of the molecule is N#Cc1ccc(Sc2ncccc2C(=O)O)cc1[N+](=O)[O-]. The van der Waals surface area contributed by atoms with Gasteiger partial charge in [0.1, 0.15) is 16.7 Å². The molecule has 8 heteroatoms. The van der Waals surface area contributed by atoms with Gasteiger partial charge in [0.05, 0.1) is 10.5 Å². The number of hydrogen-bond acceptors (Lipinski definition) is 6. The minimum atomic E-state index is -1.13. The Labute approximate surface area is 123 Å². The number of nitriles is 1. The van der Waals surface area contributed by atoms with Crippen molar-refractivity contribution in [1.82, 2.24) is 4.98 Å². The van der Waals surface area contributed by atoms with Crippen molar-refractivity contribution < 1.29 is 14.8 Å². The minimum Gasteiger partial charge on any atom is -0.478 e. The number of aromatic nitrogens is 1. The number of rotatable bonds is 4. The fourth-order valence-corrected chi connectivity index (χ4v) is 2.48. The van der Waals surface area contributed by atoms with Crippen LogP contribution in [0.5, 0.6) is 0 Å². The molecule has 0 bridgehead atoms. The molecule has 0 saturated carbocycles. The van der Waals surface area contributed by atoms with Gasteiger partial charge in [0.25, 0.3) is 5.69 Å². The predicted molar refractivity (Wildman–Crippen MR) is 73.1 cm³/mol. The van der Waals surface area contributed by atoms with Gasteiger partial charge in [-0.05, 0) is 24.3 Å². The summed E-state index contributed by atoms with van der Waals surface area (Å²) in [7, 11) is 0. The number of nitrogens with zero attached hydrogens (tertiary/aromatic N) is 3. The van der Waals surface area contributed by atoms with Crippen molar-refractivity contribution in [2.75, 3.05) is 0 Å². The van der Waals surface area contributed by atoms with Gasteiger partial charge in [-0.2, -0.15) is 5.26 Å². The summed E-state index contributed by atoms with van der Waals surface area (Å²) in [5.74, 6) is -1.13. The van der Waals surface area contributed by atoms with Crippen LogP contribution in [0.25, 0.3) is 0 Å². The van der Waals surface area contributed by atoms with Crippen LogP contribution in [0.15, 0.2) is 46.5 Å². The monoisotopic (exact) mass is 301 g/mol. The van der Waals surface area contributed by atoms with Gasteiger partial charge < -0.3 is 5.11 Å². The second-order valence-corrected chi connectivity index (χ2v) is 4.87. The summed E-state index contributed by atoms with van der Waals surface area (Å²) in [5.41, 5.74) is -0.367. The number of benzene rings is 1. The first-order valence-electron chi connectivity index (χ1n) is 5.57. The van der Waals surface area contributed by atoms with Gasteiger partial charge in [-0.15, -0.1) is 0 Å². The fourth-order valence-electron chi connectivity index (χ4n) is 1.57. The van der Waals surface area contributed by atoms with Gasteiger partial charge in [0.2, 0.25) is 0 Å². The van der Waals surface area contributed by atoms with Gasteiger partial charge in [-0.1, -0.05) is 11.8 Å².